The van der Waals surface area contributed by atoms with Crippen LogP contribution in [-0.4, -0.2) is 6.54 Å². The predicted molar refractivity (Wildman–Crippen MR) is 63.3 cm³/mol. The first kappa shape index (κ1) is 10.2. The van der Waals surface area contributed by atoms with Gasteiger partial charge in [0.15, 0.2) is 0 Å². The van der Waals surface area contributed by atoms with E-state index in [0.29, 0.717) is 11.3 Å². The molecule has 76 valence electrons. The van der Waals surface area contributed by atoms with Crippen molar-refractivity contribution in [2.45, 2.75) is 25.2 Å². The molecule has 1 aliphatic rings. The molecule has 1 saturated carbocycles. The summed E-state index contributed by atoms with van der Waals surface area (Å²) in [6.07, 6.45) is 2.47. The first-order valence-electron chi connectivity index (χ1n) is 5.19. The van der Waals surface area contributed by atoms with Gasteiger partial charge in [0, 0.05) is 4.47 Å². The molecule has 1 aromatic carbocycles. The molecule has 0 saturated heterocycles. The molecular formula is C12H16BrN. The number of halogens is 1. The van der Waals surface area contributed by atoms with Crippen molar-refractivity contribution < 1.29 is 0 Å². The van der Waals surface area contributed by atoms with Crippen LogP contribution in [0.15, 0.2) is 28.7 Å². The van der Waals surface area contributed by atoms with Gasteiger partial charge in [-0.25, -0.2) is 0 Å². The van der Waals surface area contributed by atoms with E-state index in [1.807, 2.05) is 0 Å². The highest BCUT2D eigenvalue weighted by molar-refractivity contribution is 9.10. The highest BCUT2D eigenvalue weighted by atomic mass is 79.9. The van der Waals surface area contributed by atoms with Crippen LogP contribution in [-0.2, 0) is 5.41 Å². The van der Waals surface area contributed by atoms with E-state index in [0.717, 1.165) is 11.0 Å². The minimum atomic E-state index is 0.398. The van der Waals surface area contributed by atoms with Gasteiger partial charge < -0.3 is 5.73 Å². The molecule has 2 rings (SSSR count). The number of nitrogens with two attached hydrogens (primary N) is 1. The predicted octanol–water partition coefficient (Wildman–Crippen LogP) is 3.08. The molecule has 0 heterocycles. The first-order valence-corrected chi connectivity index (χ1v) is 5.98. The zero-order chi connectivity index (χ0) is 10.2. The maximum atomic E-state index is 5.74. The van der Waals surface area contributed by atoms with E-state index in [1.165, 1.54) is 18.4 Å². The number of benzene rings is 1. The molecule has 0 spiro atoms. The van der Waals surface area contributed by atoms with Crippen LogP contribution in [0.3, 0.4) is 0 Å². The molecule has 0 bridgehead atoms. The number of hydrogen-bond donors (Lipinski definition) is 1. The summed E-state index contributed by atoms with van der Waals surface area (Å²) < 4.78 is 1.15. The minimum absolute atomic E-state index is 0.398. The van der Waals surface area contributed by atoms with Crippen LogP contribution in [0.5, 0.6) is 0 Å². The Hall–Kier alpha value is -0.340. The van der Waals surface area contributed by atoms with Crippen molar-refractivity contribution in [3.8, 4) is 0 Å². The third-order valence-corrected chi connectivity index (χ3v) is 4.10. The van der Waals surface area contributed by atoms with Crippen molar-refractivity contribution in [3.05, 3.63) is 34.3 Å². The van der Waals surface area contributed by atoms with E-state index < -0.39 is 0 Å². The summed E-state index contributed by atoms with van der Waals surface area (Å²) in [6, 6.07) is 8.70. The smallest absolute Gasteiger partial charge is 0.0175 e. The van der Waals surface area contributed by atoms with Crippen LogP contribution in [0.4, 0.5) is 0 Å². The molecule has 0 aromatic heterocycles. The SMILES string of the molecule is CCC1(c2ccc(Br)cc2)C[C@H]1CN. The fourth-order valence-corrected chi connectivity index (χ4v) is 2.73. The Morgan fingerprint density at radius 3 is 2.50 bits per heavy atom. The van der Waals surface area contributed by atoms with Crippen molar-refractivity contribution in [3.63, 3.8) is 0 Å². The van der Waals surface area contributed by atoms with Gasteiger partial charge in [-0.3, -0.25) is 0 Å². The Morgan fingerprint density at radius 1 is 1.43 bits per heavy atom. The average Bonchev–Trinajstić information content (AvgIpc) is 2.94. The summed E-state index contributed by atoms with van der Waals surface area (Å²) in [5.74, 6) is 0.702. The highest BCUT2D eigenvalue weighted by Crippen LogP contribution is 2.56. The lowest BCUT2D eigenvalue weighted by molar-refractivity contribution is 0.587. The molecule has 1 aliphatic carbocycles. The van der Waals surface area contributed by atoms with E-state index in [9.17, 15) is 0 Å². The standard InChI is InChI=1S/C12H16BrN/c1-2-12(7-10(12)8-14)9-3-5-11(13)6-4-9/h3-6,10H,2,7-8,14H2,1H3/t10-,12?/m0/s1. The summed E-state index contributed by atoms with van der Waals surface area (Å²) in [7, 11) is 0. The quantitative estimate of drug-likeness (QED) is 0.881. The second kappa shape index (κ2) is 3.67. The molecule has 2 heteroatoms. The molecule has 1 fully saturated rings. The van der Waals surface area contributed by atoms with Gasteiger partial charge in [0.1, 0.15) is 0 Å². The molecule has 14 heavy (non-hydrogen) atoms. The number of hydrogen-bond acceptors (Lipinski definition) is 1. The van der Waals surface area contributed by atoms with E-state index >= 15 is 0 Å². The third kappa shape index (κ3) is 1.51. The Morgan fingerprint density at radius 2 is 2.07 bits per heavy atom. The summed E-state index contributed by atoms with van der Waals surface area (Å²) in [5, 5.41) is 0. The summed E-state index contributed by atoms with van der Waals surface area (Å²) >= 11 is 3.46. The molecule has 0 aliphatic heterocycles. The van der Waals surface area contributed by atoms with Crippen LogP contribution in [0.25, 0.3) is 0 Å². The van der Waals surface area contributed by atoms with Crippen LogP contribution in [0.1, 0.15) is 25.3 Å². The van der Waals surface area contributed by atoms with E-state index in [1.54, 1.807) is 0 Å². The van der Waals surface area contributed by atoms with Gasteiger partial charge in [0.2, 0.25) is 0 Å². The molecule has 1 unspecified atom stereocenters. The maximum absolute atomic E-state index is 5.74. The van der Waals surface area contributed by atoms with Crippen LogP contribution >= 0.6 is 15.9 Å². The molecule has 1 aromatic rings. The lowest BCUT2D eigenvalue weighted by Gasteiger charge is -2.15. The molecule has 2 N–H and O–H groups in total. The normalized spacial score (nSPS) is 30.4. The highest BCUT2D eigenvalue weighted by Gasteiger charge is 2.52. The van der Waals surface area contributed by atoms with Gasteiger partial charge in [-0.15, -0.1) is 0 Å². The maximum Gasteiger partial charge on any atom is 0.0175 e. The van der Waals surface area contributed by atoms with Crippen LogP contribution in [0.2, 0.25) is 0 Å². The molecular weight excluding hydrogens is 238 g/mol. The average molecular weight is 254 g/mol. The molecule has 2 atom stereocenters. The zero-order valence-corrected chi connectivity index (χ0v) is 10.0. The van der Waals surface area contributed by atoms with Gasteiger partial charge >= 0.3 is 0 Å². The Bertz CT molecular complexity index is 320. The fraction of sp³-hybridized carbons (Fsp3) is 0.500. The topological polar surface area (TPSA) is 26.0 Å². The van der Waals surface area contributed by atoms with Crippen molar-refractivity contribution in [1.82, 2.24) is 0 Å². The van der Waals surface area contributed by atoms with Gasteiger partial charge in [0.05, 0.1) is 0 Å². The van der Waals surface area contributed by atoms with Crippen molar-refractivity contribution in [1.29, 1.82) is 0 Å². The van der Waals surface area contributed by atoms with E-state index in [2.05, 4.69) is 47.1 Å². The Kier molecular flexibility index (Phi) is 2.67. The summed E-state index contributed by atoms with van der Waals surface area (Å²) in [5.41, 5.74) is 7.60. The van der Waals surface area contributed by atoms with Crippen molar-refractivity contribution >= 4 is 15.9 Å². The van der Waals surface area contributed by atoms with Crippen molar-refractivity contribution in [2.24, 2.45) is 11.7 Å². The van der Waals surface area contributed by atoms with Gasteiger partial charge in [0.25, 0.3) is 0 Å². The monoisotopic (exact) mass is 253 g/mol. The Labute approximate surface area is 93.8 Å². The number of rotatable bonds is 3. The van der Waals surface area contributed by atoms with E-state index in [4.69, 9.17) is 5.73 Å². The second-order valence-electron chi connectivity index (χ2n) is 4.15. The lowest BCUT2D eigenvalue weighted by Crippen LogP contribution is -2.14. The van der Waals surface area contributed by atoms with Crippen LogP contribution < -0.4 is 5.73 Å². The second-order valence-corrected chi connectivity index (χ2v) is 5.07. The largest absolute Gasteiger partial charge is 0.330 e. The van der Waals surface area contributed by atoms with Gasteiger partial charge in [-0.2, -0.15) is 0 Å². The third-order valence-electron chi connectivity index (χ3n) is 3.57. The minimum Gasteiger partial charge on any atom is -0.330 e. The summed E-state index contributed by atoms with van der Waals surface area (Å²) in [4.78, 5) is 0. The molecule has 0 amide bonds. The molecule has 0 radical (unpaired) electrons. The Balaban J connectivity index is 2.26. The van der Waals surface area contributed by atoms with Crippen molar-refractivity contribution in [2.75, 3.05) is 6.54 Å². The molecule has 1 nitrogen and oxygen atoms in total. The summed E-state index contributed by atoms with van der Waals surface area (Å²) in [6.45, 7) is 3.08. The zero-order valence-electron chi connectivity index (χ0n) is 8.46. The van der Waals surface area contributed by atoms with Gasteiger partial charge in [-0.05, 0) is 48.4 Å². The fourth-order valence-electron chi connectivity index (χ4n) is 2.46. The lowest BCUT2D eigenvalue weighted by atomic mass is 9.90. The van der Waals surface area contributed by atoms with Crippen LogP contribution in [0, 0.1) is 5.92 Å². The van der Waals surface area contributed by atoms with Gasteiger partial charge in [-0.1, -0.05) is 35.0 Å². The first-order chi connectivity index (χ1) is 6.73. The van der Waals surface area contributed by atoms with E-state index in [-0.39, 0.29) is 0 Å².